The zero-order chi connectivity index (χ0) is 26.2. The summed E-state index contributed by atoms with van der Waals surface area (Å²) < 4.78 is 12.2. The number of carboxylic acids is 1. The van der Waals surface area contributed by atoms with Crippen LogP contribution in [0.4, 0.5) is 5.69 Å². The lowest BCUT2D eigenvalue weighted by Crippen LogP contribution is -2.13. The van der Waals surface area contributed by atoms with Crippen molar-refractivity contribution in [1.29, 1.82) is 5.26 Å². The minimum atomic E-state index is -0.998. The molecule has 3 aromatic rings. The lowest BCUT2D eigenvalue weighted by atomic mass is 10.1. The molecule has 0 aliphatic heterocycles. The molecule has 184 valence electrons. The van der Waals surface area contributed by atoms with E-state index in [-0.39, 0.29) is 17.7 Å². The van der Waals surface area contributed by atoms with Gasteiger partial charge in [0, 0.05) is 15.2 Å². The smallest absolute Gasteiger partial charge is 0.335 e. The monoisotopic (exact) mass is 568 g/mol. The number of rotatable bonds is 9. The number of benzene rings is 3. The first kappa shape index (κ1) is 26.8. The fraction of sp³-hybridized carbons (Fsp3) is 0.148. The normalized spacial score (nSPS) is 10.9. The van der Waals surface area contributed by atoms with E-state index in [0.29, 0.717) is 38.9 Å². The van der Waals surface area contributed by atoms with Gasteiger partial charge in [0.2, 0.25) is 0 Å². The average Bonchev–Trinajstić information content (AvgIpc) is 2.85. The molecule has 36 heavy (non-hydrogen) atoms. The number of carbonyl (C=O) groups is 2. The molecule has 3 aromatic carbocycles. The van der Waals surface area contributed by atoms with Crippen molar-refractivity contribution in [1.82, 2.24) is 0 Å². The molecule has 0 aliphatic rings. The first-order chi connectivity index (χ1) is 17.2. The van der Waals surface area contributed by atoms with E-state index in [1.807, 2.05) is 19.9 Å². The quantitative estimate of drug-likeness (QED) is 0.221. The van der Waals surface area contributed by atoms with E-state index < -0.39 is 11.9 Å². The van der Waals surface area contributed by atoms with E-state index in [1.165, 1.54) is 18.2 Å². The molecule has 7 nitrogen and oxygen atoms in total. The van der Waals surface area contributed by atoms with Crippen LogP contribution in [0.2, 0.25) is 5.02 Å². The van der Waals surface area contributed by atoms with Gasteiger partial charge in [0.1, 0.15) is 18.2 Å². The largest absolute Gasteiger partial charge is 0.490 e. The highest BCUT2D eigenvalue weighted by Gasteiger charge is 2.15. The summed E-state index contributed by atoms with van der Waals surface area (Å²) in [5, 5.41) is 21.8. The van der Waals surface area contributed by atoms with Crippen molar-refractivity contribution in [2.24, 2.45) is 0 Å². The fourth-order valence-corrected chi connectivity index (χ4v) is 3.74. The second-order valence-electron chi connectivity index (χ2n) is 7.63. The van der Waals surface area contributed by atoms with Crippen LogP contribution >= 0.6 is 27.5 Å². The van der Waals surface area contributed by atoms with Gasteiger partial charge in [-0.2, -0.15) is 5.26 Å². The maximum Gasteiger partial charge on any atom is 0.335 e. The number of hydrogen-bond donors (Lipinski definition) is 2. The molecular formula is C27H22BrClN2O5. The predicted octanol–water partition coefficient (Wildman–Crippen LogP) is 6.63. The van der Waals surface area contributed by atoms with Gasteiger partial charge in [0.05, 0.1) is 12.2 Å². The predicted molar refractivity (Wildman–Crippen MR) is 141 cm³/mol. The molecule has 0 fully saturated rings. The molecule has 0 aliphatic carbocycles. The molecule has 0 aromatic heterocycles. The lowest BCUT2D eigenvalue weighted by molar-refractivity contribution is -0.112. The number of anilines is 1. The molecule has 0 spiro atoms. The van der Waals surface area contributed by atoms with Crippen LogP contribution < -0.4 is 14.8 Å². The molecule has 0 bridgehead atoms. The van der Waals surface area contributed by atoms with Gasteiger partial charge in [-0.05, 0) is 73.0 Å². The average molecular weight is 570 g/mol. The number of amides is 1. The number of hydrogen-bond acceptors (Lipinski definition) is 5. The Balaban J connectivity index is 1.82. The minimum Gasteiger partial charge on any atom is -0.490 e. The standard InChI is InChI=1S/C27H22BrClN2O5/c1-3-35-24-11-19(10-20(14-30)26(32)31-21-9-4-16(2)23(29)12-21)22(28)13-25(24)36-15-17-5-7-18(8-6-17)27(33)34/h4-13H,3,15H2,1-2H3,(H,31,32)(H,33,34)/b20-10-. The van der Waals surface area contributed by atoms with E-state index in [4.69, 9.17) is 26.2 Å². The Labute approximate surface area is 222 Å². The van der Waals surface area contributed by atoms with Crippen LogP contribution in [0.1, 0.15) is 34.0 Å². The maximum atomic E-state index is 12.7. The number of nitrogens with one attached hydrogen (secondary N) is 1. The molecule has 0 atom stereocenters. The number of halogens is 2. The van der Waals surface area contributed by atoms with Crippen molar-refractivity contribution in [2.75, 3.05) is 11.9 Å². The molecule has 3 rings (SSSR count). The molecule has 0 saturated carbocycles. The van der Waals surface area contributed by atoms with E-state index in [0.717, 1.165) is 11.1 Å². The van der Waals surface area contributed by atoms with Crippen LogP contribution in [-0.2, 0) is 11.4 Å². The SMILES string of the molecule is CCOc1cc(/C=C(/C#N)C(=O)Nc2ccc(C)c(Cl)c2)c(Br)cc1OCc1ccc(C(=O)O)cc1. The van der Waals surface area contributed by atoms with Crippen LogP contribution in [0.15, 0.2) is 64.6 Å². The van der Waals surface area contributed by atoms with Gasteiger partial charge in [0.25, 0.3) is 5.91 Å². The summed E-state index contributed by atoms with van der Waals surface area (Å²) in [6, 6.07) is 16.8. The van der Waals surface area contributed by atoms with Crippen LogP contribution in [0.5, 0.6) is 11.5 Å². The molecule has 1 amide bonds. The molecule has 2 N–H and O–H groups in total. The van der Waals surface area contributed by atoms with Gasteiger partial charge in [-0.3, -0.25) is 4.79 Å². The summed E-state index contributed by atoms with van der Waals surface area (Å²) in [6.07, 6.45) is 1.45. The fourth-order valence-electron chi connectivity index (χ4n) is 3.12. The Kier molecular flexibility index (Phi) is 9.12. The summed E-state index contributed by atoms with van der Waals surface area (Å²) in [4.78, 5) is 23.7. The Morgan fingerprint density at radius 3 is 2.42 bits per heavy atom. The first-order valence-electron chi connectivity index (χ1n) is 10.8. The van der Waals surface area contributed by atoms with E-state index in [9.17, 15) is 14.9 Å². The number of nitriles is 1. The van der Waals surface area contributed by atoms with Gasteiger partial charge < -0.3 is 19.9 Å². The third kappa shape index (κ3) is 6.87. The number of aryl methyl sites for hydroxylation is 1. The summed E-state index contributed by atoms with van der Waals surface area (Å²) in [6.45, 7) is 4.23. The van der Waals surface area contributed by atoms with Crippen LogP contribution in [-0.4, -0.2) is 23.6 Å². The van der Waals surface area contributed by atoms with Crippen molar-refractivity contribution in [2.45, 2.75) is 20.5 Å². The highest BCUT2D eigenvalue weighted by Crippen LogP contribution is 2.35. The van der Waals surface area contributed by atoms with Gasteiger partial charge >= 0.3 is 5.97 Å². The van der Waals surface area contributed by atoms with Gasteiger partial charge in [-0.15, -0.1) is 0 Å². The minimum absolute atomic E-state index is 0.109. The van der Waals surface area contributed by atoms with Gasteiger partial charge in [-0.1, -0.05) is 45.7 Å². The topological polar surface area (TPSA) is 109 Å². The van der Waals surface area contributed by atoms with Crippen LogP contribution in [0.25, 0.3) is 6.08 Å². The zero-order valence-corrected chi connectivity index (χ0v) is 21.8. The lowest BCUT2D eigenvalue weighted by Gasteiger charge is -2.14. The summed E-state index contributed by atoms with van der Waals surface area (Å²) in [7, 11) is 0. The molecule has 0 radical (unpaired) electrons. The first-order valence-corrected chi connectivity index (χ1v) is 12.0. The van der Waals surface area contributed by atoms with Crippen molar-refractivity contribution in [3.63, 3.8) is 0 Å². The highest BCUT2D eigenvalue weighted by molar-refractivity contribution is 9.10. The second-order valence-corrected chi connectivity index (χ2v) is 8.89. The molecule has 0 saturated heterocycles. The Morgan fingerprint density at radius 1 is 1.11 bits per heavy atom. The van der Waals surface area contributed by atoms with Crippen molar-refractivity contribution >= 4 is 51.2 Å². The van der Waals surface area contributed by atoms with E-state index in [1.54, 1.807) is 42.5 Å². The molecule has 0 heterocycles. The summed E-state index contributed by atoms with van der Waals surface area (Å²) >= 11 is 9.59. The maximum absolute atomic E-state index is 12.7. The Bertz CT molecular complexity index is 1360. The zero-order valence-electron chi connectivity index (χ0n) is 19.5. The third-order valence-electron chi connectivity index (χ3n) is 5.05. The number of carboxylic acid groups (broad SMARTS) is 1. The van der Waals surface area contributed by atoms with E-state index >= 15 is 0 Å². The number of nitrogens with zero attached hydrogens (tertiary/aromatic N) is 1. The Morgan fingerprint density at radius 2 is 1.81 bits per heavy atom. The molecule has 9 heteroatoms. The second kappa shape index (κ2) is 12.2. The Hall–Kier alpha value is -3.80. The van der Waals surface area contributed by atoms with Crippen LogP contribution in [0.3, 0.4) is 0 Å². The highest BCUT2D eigenvalue weighted by atomic mass is 79.9. The third-order valence-corrected chi connectivity index (χ3v) is 6.15. The van der Waals surface area contributed by atoms with Gasteiger partial charge in [-0.25, -0.2) is 4.79 Å². The summed E-state index contributed by atoms with van der Waals surface area (Å²) in [5.41, 5.74) is 2.76. The summed E-state index contributed by atoms with van der Waals surface area (Å²) in [5.74, 6) is -0.702. The number of aromatic carboxylic acids is 1. The molecule has 0 unspecified atom stereocenters. The van der Waals surface area contributed by atoms with E-state index in [2.05, 4.69) is 21.2 Å². The van der Waals surface area contributed by atoms with Crippen molar-refractivity contribution < 1.29 is 24.2 Å². The van der Waals surface area contributed by atoms with Crippen LogP contribution in [0, 0.1) is 18.3 Å². The van der Waals surface area contributed by atoms with Crippen molar-refractivity contribution in [3.8, 4) is 17.6 Å². The van der Waals surface area contributed by atoms with Gasteiger partial charge in [0.15, 0.2) is 11.5 Å². The molecular weight excluding hydrogens is 548 g/mol. The number of ether oxygens (including phenoxy) is 2. The van der Waals surface area contributed by atoms with Crippen molar-refractivity contribution in [3.05, 3.63) is 91.9 Å². The number of carbonyl (C=O) groups excluding carboxylic acids is 1.